The van der Waals surface area contributed by atoms with Gasteiger partial charge in [-0.2, -0.15) is 0 Å². The molecular formula is C16H33N. The molecule has 1 unspecified atom stereocenters. The Bertz CT molecular complexity index is 174. The fourth-order valence-corrected chi connectivity index (χ4v) is 2.29. The van der Waals surface area contributed by atoms with Crippen LogP contribution in [0.25, 0.3) is 0 Å². The first-order valence-corrected chi connectivity index (χ1v) is 7.41. The van der Waals surface area contributed by atoms with Crippen molar-refractivity contribution in [2.45, 2.75) is 59.3 Å². The summed E-state index contributed by atoms with van der Waals surface area (Å²) in [6.07, 6.45) is 10.1. The molecule has 0 rings (SSSR count). The molecule has 0 aromatic carbocycles. The van der Waals surface area contributed by atoms with Crippen molar-refractivity contribution in [2.75, 3.05) is 20.1 Å². The van der Waals surface area contributed by atoms with E-state index >= 15 is 0 Å². The van der Waals surface area contributed by atoms with Crippen LogP contribution in [0.15, 0.2) is 12.7 Å². The van der Waals surface area contributed by atoms with Gasteiger partial charge in [-0.1, -0.05) is 39.7 Å². The molecule has 0 bridgehead atoms. The van der Waals surface area contributed by atoms with E-state index in [9.17, 15) is 0 Å². The molecule has 102 valence electrons. The minimum Gasteiger partial charge on any atom is -0.306 e. The highest BCUT2D eigenvalue weighted by Crippen LogP contribution is 2.18. The predicted molar refractivity (Wildman–Crippen MR) is 79.4 cm³/mol. The molecule has 0 aromatic heterocycles. The van der Waals surface area contributed by atoms with Crippen LogP contribution < -0.4 is 0 Å². The van der Waals surface area contributed by atoms with Crippen molar-refractivity contribution in [1.29, 1.82) is 0 Å². The molecule has 0 spiro atoms. The topological polar surface area (TPSA) is 3.24 Å². The largest absolute Gasteiger partial charge is 0.306 e. The van der Waals surface area contributed by atoms with E-state index in [-0.39, 0.29) is 0 Å². The van der Waals surface area contributed by atoms with Crippen LogP contribution in [0.4, 0.5) is 0 Å². The summed E-state index contributed by atoms with van der Waals surface area (Å²) in [6.45, 7) is 13.3. The van der Waals surface area contributed by atoms with Crippen molar-refractivity contribution in [2.24, 2.45) is 11.8 Å². The molecule has 0 aliphatic heterocycles. The average molecular weight is 239 g/mol. The maximum Gasteiger partial charge on any atom is -0.00216 e. The van der Waals surface area contributed by atoms with Crippen LogP contribution in [0.1, 0.15) is 59.3 Å². The first-order chi connectivity index (χ1) is 8.10. The van der Waals surface area contributed by atoms with Gasteiger partial charge in [-0.15, -0.1) is 6.58 Å². The summed E-state index contributed by atoms with van der Waals surface area (Å²) in [5.41, 5.74) is 0. The number of hydrogen-bond donors (Lipinski definition) is 0. The van der Waals surface area contributed by atoms with Crippen LogP contribution in [-0.4, -0.2) is 25.0 Å². The molecule has 0 saturated carbocycles. The van der Waals surface area contributed by atoms with Crippen LogP contribution in [-0.2, 0) is 0 Å². The maximum atomic E-state index is 3.98. The van der Waals surface area contributed by atoms with Gasteiger partial charge in [0.25, 0.3) is 0 Å². The first kappa shape index (κ1) is 16.7. The molecule has 0 radical (unpaired) electrons. The average Bonchev–Trinajstić information content (AvgIpc) is 2.27. The second kappa shape index (κ2) is 10.8. The normalized spacial score (nSPS) is 13.3. The Morgan fingerprint density at radius 3 is 2.24 bits per heavy atom. The monoisotopic (exact) mass is 239 g/mol. The van der Waals surface area contributed by atoms with Crippen LogP contribution >= 0.6 is 0 Å². The SMILES string of the molecule is C=CC(CCCC(C)C)CCCN(C)CCC. The first-order valence-electron chi connectivity index (χ1n) is 7.41. The maximum absolute atomic E-state index is 3.98. The Morgan fingerprint density at radius 2 is 1.71 bits per heavy atom. The van der Waals surface area contributed by atoms with E-state index in [0.29, 0.717) is 0 Å². The van der Waals surface area contributed by atoms with Crippen molar-refractivity contribution in [3.05, 3.63) is 12.7 Å². The van der Waals surface area contributed by atoms with Crippen molar-refractivity contribution in [1.82, 2.24) is 4.90 Å². The van der Waals surface area contributed by atoms with Gasteiger partial charge in [-0.3, -0.25) is 0 Å². The van der Waals surface area contributed by atoms with Crippen LogP contribution in [0.3, 0.4) is 0 Å². The quantitative estimate of drug-likeness (QED) is 0.471. The minimum atomic E-state index is 0.740. The molecule has 0 N–H and O–H groups in total. The zero-order valence-corrected chi connectivity index (χ0v) is 12.5. The van der Waals surface area contributed by atoms with Gasteiger partial charge in [0.2, 0.25) is 0 Å². The highest BCUT2D eigenvalue weighted by atomic mass is 15.1. The fourth-order valence-electron chi connectivity index (χ4n) is 2.29. The molecule has 1 heteroatoms. The van der Waals surface area contributed by atoms with Gasteiger partial charge in [-0.25, -0.2) is 0 Å². The minimum absolute atomic E-state index is 0.740. The molecule has 0 aliphatic rings. The van der Waals surface area contributed by atoms with E-state index in [1.165, 1.54) is 51.6 Å². The summed E-state index contributed by atoms with van der Waals surface area (Å²) in [5.74, 6) is 1.58. The van der Waals surface area contributed by atoms with E-state index in [1.807, 2.05) is 0 Å². The molecule has 0 aliphatic carbocycles. The van der Waals surface area contributed by atoms with Crippen molar-refractivity contribution >= 4 is 0 Å². The summed E-state index contributed by atoms with van der Waals surface area (Å²) < 4.78 is 0. The number of allylic oxidation sites excluding steroid dienone is 1. The second-order valence-corrected chi connectivity index (χ2v) is 5.77. The Kier molecular flexibility index (Phi) is 10.6. The summed E-state index contributed by atoms with van der Waals surface area (Å²) in [4.78, 5) is 2.44. The number of hydrogen-bond acceptors (Lipinski definition) is 1. The van der Waals surface area contributed by atoms with E-state index in [1.54, 1.807) is 0 Å². The lowest BCUT2D eigenvalue weighted by Gasteiger charge is -2.17. The number of nitrogens with zero attached hydrogens (tertiary/aromatic N) is 1. The summed E-state index contributed by atoms with van der Waals surface area (Å²) >= 11 is 0. The molecule has 0 saturated heterocycles. The molecule has 17 heavy (non-hydrogen) atoms. The third-order valence-electron chi connectivity index (χ3n) is 3.41. The van der Waals surface area contributed by atoms with Crippen LogP contribution in [0, 0.1) is 11.8 Å². The molecular weight excluding hydrogens is 206 g/mol. The van der Waals surface area contributed by atoms with E-state index in [4.69, 9.17) is 0 Å². The Labute approximate surface area is 109 Å². The third kappa shape index (κ3) is 10.6. The summed E-state index contributed by atoms with van der Waals surface area (Å²) in [5, 5.41) is 0. The zero-order valence-electron chi connectivity index (χ0n) is 12.5. The van der Waals surface area contributed by atoms with Gasteiger partial charge in [0.1, 0.15) is 0 Å². The lowest BCUT2D eigenvalue weighted by molar-refractivity contribution is 0.316. The van der Waals surface area contributed by atoms with E-state index < -0.39 is 0 Å². The Balaban J connectivity index is 3.57. The lowest BCUT2D eigenvalue weighted by atomic mass is 9.94. The highest BCUT2D eigenvalue weighted by Gasteiger charge is 2.05. The van der Waals surface area contributed by atoms with Gasteiger partial charge in [0, 0.05) is 0 Å². The Morgan fingerprint density at radius 1 is 1.06 bits per heavy atom. The van der Waals surface area contributed by atoms with Gasteiger partial charge in [0.05, 0.1) is 0 Å². The molecule has 0 amide bonds. The number of rotatable bonds is 11. The standard InChI is InChI=1S/C16H33N/c1-6-13-17(5)14-9-12-16(7-2)11-8-10-15(3)4/h7,15-16H,2,6,8-14H2,1,3-5H3. The van der Waals surface area contributed by atoms with Crippen molar-refractivity contribution < 1.29 is 0 Å². The van der Waals surface area contributed by atoms with Gasteiger partial charge in [0.15, 0.2) is 0 Å². The molecule has 0 fully saturated rings. The third-order valence-corrected chi connectivity index (χ3v) is 3.41. The molecule has 1 nitrogen and oxygen atoms in total. The highest BCUT2D eigenvalue weighted by molar-refractivity contribution is 4.79. The summed E-state index contributed by atoms with van der Waals surface area (Å²) in [6, 6.07) is 0. The van der Waals surface area contributed by atoms with Crippen LogP contribution in [0.2, 0.25) is 0 Å². The van der Waals surface area contributed by atoms with Gasteiger partial charge >= 0.3 is 0 Å². The van der Waals surface area contributed by atoms with E-state index in [2.05, 4.69) is 45.4 Å². The summed E-state index contributed by atoms with van der Waals surface area (Å²) in [7, 11) is 2.23. The molecule has 0 heterocycles. The smallest absolute Gasteiger partial charge is 0.00216 e. The zero-order chi connectivity index (χ0) is 13.1. The van der Waals surface area contributed by atoms with Crippen LogP contribution in [0.5, 0.6) is 0 Å². The predicted octanol–water partition coefficient (Wildman–Crippen LogP) is 4.74. The van der Waals surface area contributed by atoms with Gasteiger partial charge in [-0.05, 0) is 57.7 Å². The molecule has 0 aromatic rings. The fraction of sp³-hybridized carbons (Fsp3) is 0.875. The van der Waals surface area contributed by atoms with Gasteiger partial charge < -0.3 is 4.90 Å². The van der Waals surface area contributed by atoms with E-state index in [0.717, 1.165) is 11.8 Å². The second-order valence-electron chi connectivity index (χ2n) is 5.77. The lowest BCUT2D eigenvalue weighted by Crippen LogP contribution is -2.20. The Hall–Kier alpha value is -0.300. The van der Waals surface area contributed by atoms with Crippen molar-refractivity contribution in [3.63, 3.8) is 0 Å². The molecule has 1 atom stereocenters. The van der Waals surface area contributed by atoms with Crippen molar-refractivity contribution in [3.8, 4) is 0 Å².